The van der Waals surface area contributed by atoms with Crippen LogP contribution in [-0.2, 0) is 5.41 Å². The first-order valence-electron chi connectivity index (χ1n) is 10.8. The van der Waals surface area contributed by atoms with Crippen molar-refractivity contribution in [3.63, 3.8) is 0 Å². The van der Waals surface area contributed by atoms with E-state index < -0.39 is 8.24 Å². The number of benzene rings is 1. The molecule has 0 spiro atoms. The summed E-state index contributed by atoms with van der Waals surface area (Å²) in [6.45, 7) is 19.5. The highest BCUT2D eigenvalue weighted by Gasteiger charge is 2.52. The van der Waals surface area contributed by atoms with Crippen LogP contribution in [0.15, 0.2) is 42.0 Å². The zero-order valence-electron chi connectivity index (χ0n) is 18.5. The van der Waals surface area contributed by atoms with E-state index in [1.165, 1.54) is 23.1 Å². The van der Waals surface area contributed by atoms with Crippen molar-refractivity contribution in [2.75, 3.05) is 0 Å². The summed E-state index contributed by atoms with van der Waals surface area (Å²) >= 11 is 0. The number of allylic oxidation sites excluding steroid dienone is 4. The summed E-state index contributed by atoms with van der Waals surface area (Å²) < 4.78 is 0. The summed E-state index contributed by atoms with van der Waals surface area (Å²) in [7, 11) is -1.57. The van der Waals surface area contributed by atoms with E-state index in [-0.39, 0.29) is 11.0 Å². The van der Waals surface area contributed by atoms with Crippen LogP contribution >= 0.6 is 0 Å². The van der Waals surface area contributed by atoms with Crippen molar-refractivity contribution in [2.24, 2.45) is 17.8 Å². The maximum Gasteiger partial charge on any atom is 0.123 e. The van der Waals surface area contributed by atoms with Gasteiger partial charge in [-0.25, -0.2) is 0 Å². The Hall–Kier alpha value is -1.12. The highest BCUT2D eigenvalue weighted by Crippen LogP contribution is 2.59. The molecule has 1 fully saturated rings. The maximum atomic E-state index is 4.09. The van der Waals surface area contributed by atoms with Crippen LogP contribution in [0.5, 0.6) is 0 Å². The zero-order valence-corrected chi connectivity index (χ0v) is 19.5. The maximum absolute atomic E-state index is 4.09. The molecule has 4 unspecified atom stereocenters. The van der Waals surface area contributed by atoms with E-state index in [0.717, 1.165) is 11.5 Å². The van der Waals surface area contributed by atoms with Crippen LogP contribution < -0.4 is 4.98 Å². The van der Waals surface area contributed by atoms with Crippen molar-refractivity contribution < 1.29 is 0 Å². The second-order valence-corrected chi connectivity index (χ2v) is 15.8. The van der Waals surface area contributed by atoms with E-state index in [1.807, 2.05) is 0 Å². The van der Waals surface area contributed by atoms with Gasteiger partial charge in [-0.3, -0.25) is 0 Å². The molecule has 0 heterocycles. The molecule has 1 saturated carbocycles. The van der Waals surface area contributed by atoms with Crippen LogP contribution in [-0.4, -0.2) is 13.8 Å². The molecule has 0 amide bonds. The highest BCUT2D eigenvalue weighted by atomic mass is 28.3. The van der Waals surface area contributed by atoms with Crippen molar-refractivity contribution in [1.82, 2.24) is 4.98 Å². The van der Waals surface area contributed by atoms with Gasteiger partial charge in [-0.2, -0.15) is 0 Å². The van der Waals surface area contributed by atoms with Gasteiger partial charge in [0.25, 0.3) is 0 Å². The molecule has 0 aliphatic heterocycles. The predicted octanol–water partition coefficient (Wildman–Crippen LogP) is 6.54. The molecule has 3 aliphatic rings. The van der Waals surface area contributed by atoms with E-state index >= 15 is 0 Å². The van der Waals surface area contributed by atoms with Gasteiger partial charge in [0.15, 0.2) is 0 Å². The third-order valence-electron chi connectivity index (χ3n) is 7.29. The number of fused-ring (bicyclic) bond motifs is 4. The lowest BCUT2D eigenvalue weighted by Crippen LogP contribution is -2.58. The van der Waals surface area contributed by atoms with E-state index in [2.05, 4.69) is 96.0 Å². The quantitative estimate of drug-likeness (QED) is 0.575. The van der Waals surface area contributed by atoms with E-state index in [1.54, 1.807) is 5.57 Å². The van der Waals surface area contributed by atoms with Crippen molar-refractivity contribution in [3.05, 3.63) is 53.1 Å². The number of hydrogen-bond donors (Lipinski definition) is 1. The summed E-state index contributed by atoms with van der Waals surface area (Å²) in [5.41, 5.74) is 7.24. The molecule has 1 aromatic rings. The molecule has 4 rings (SSSR count). The summed E-state index contributed by atoms with van der Waals surface area (Å²) in [4.78, 5) is 4.09. The molecule has 2 heteroatoms. The third-order valence-corrected chi connectivity index (χ3v) is 11.3. The second kappa shape index (κ2) is 5.94. The molecule has 0 aromatic heterocycles. The minimum atomic E-state index is -1.57. The molecule has 3 aliphatic carbocycles. The third kappa shape index (κ3) is 3.00. The molecule has 27 heavy (non-hydrogen) atoms. The monoisotopic (exact) mass is 379 g/mol. The fraction of sp³-hybridized carbons (Fsp3) is 0.600. The topological polar surface area (TPSA) is 12.0 Å². The van der Waals surface area contributed by atoms with Gasteiger partial charge in [0.05, 0.1) is 0 Å². The van der Waals surface area contributed by atoms with Gasteiger partial charge in [-0.15, -0.1) is 0 Å². The molecule has 4 atom stereocenters. The van der Waals surface area contributed by atoms with Gasteiger partial charge in [0.1, 0.15) is 8.24 Å². The smallest absolute Gasteiger partial charge is 0.123 e. The normalized spacial score (nSPS) is 31.7. The van der Waals surface area contributed by atoms with Crippen LogP contribution in [0.1, 0.15) is 59.1 Å². The molecule has 0 radical (unpaired) electrons. The van der Waals surface area contributed by atoms with Crippen molar-refractivity contribution in [2.45, 2.75) is 77.6 Å². The Morgan fingerprint density at radius 3 is 2.41 bits per heavy atom. The number of nitrogens with one attached hydrogen (secondary N) is 1. The lowest BCUT2D eigenvalue weighted by atomic mass is 9.76. The zero-order chi connectivity index (χ0) is 19.8. The molecule has 0 bridgehead atoms. The highest BCUT2D eigenvalue weighted by molar-refractivity contribution is 6.76. The Balaban J connectivity index is 1.76. The minimum absolute atomic E-state index is 0.132. The van der Waals surface area contributed by atoms with Crippen LogP contribution in [0, 0.1) is 17.8 Å². The van der Waals surface area contributed by atoms with Crippen molar-refractivity contribution in [1.29, 1.82) is 0 Å². The average molecular weight is 380 g/mol. The first-order chi connectivity index (χ1) is 12.4. The fourth-order valence-electron chi connectivity index (χ4n) is 6.80. The molecule has 1 N–H and O–H groups in total. The second-order valence-electron chi connectivity index (χ2n) is 11.4. The van der Waals surface area contributed by atoms with Crippen LogP contribution in [0.2, 0.25) is 18.6 Å². The largest absolute Gasteiger partial charge is 0.332 e. The van der Waals surface area contributed by atoms with E-state index in [4.69, 9.17) is 0 Å². The molecule has 1 aromatic carbocycles. The molecular weight excluding hydrogens is 342 g/mol. The van der Waals surface area contributed by atoms with Crippen molar-refractivity contribution in [3.8, 4) is 0 Å². The van der Waals surface area contributed by atoms with Gasteiger partial charge in [0.2, 0.25) is 0 Å². The van der Waals surface area contributed by atoms with E-state index in [0.29, 0.717) is 11.8 Å². The molecule has 146 valence electrons. The van der Waals surface area contributed by atoms with Crippen LogP contribution in [0.4, 0.5) is 0 Å². The van der Waals surface area contributed by atoms with Gasteiger partial charge in [-0.1, -0.05) is 70.3 Å². The SMILES string of the molecule is CC1CC2C=C3C(=CC2C1[Si](C)(C)NC(C)(C)C)C(C)(C)c1ccccc13. The van der Waals surface area contributed by atoms with Gasteiger partial charge < -0.3 is 4.98 Å². The summed E-state index contributed by atoms with van der Waals surface area (Å²) in [5, 5.41) is 0. The Labute approximate surface area is 167 Å². The van der Waals surface area contributed by atoms with Gasteiger partial charge >= 0.3 is 0 Å². The van der Waals surface area contributed by atoms with Crippen LogP contribution in [0.3, 0.4) is 0 Å². The number of hydrogen-bond acceptors (Lipinski definition) is 1. The van der Waals surface area contributed by atoms with Crippen LogP contribution in [0.25, 0.3) is 5.57 Å². The Morgan fingerprint density at radius 2 is 1.74 bits per heavy atom. The van der Waals surface area contributed by atoms with Gasteiger partial charge in [0, 0.05) is 11.0 Å². The first-order valence-corrected chi connectivity index (χ1v) is 13.8. The average Bonchev–Trinajstić information content (AvgIpc) is 2.96. The lowest BCUT2D eigenvalue weighted by Gasteiger charge is -2.42. The molecular formula is C25H37NSi. The minimum Gasteiger partial charge on any atom is -0.332 e. The summed E-state index contributed by atoms with van der Waals surface area (Å²) in [6.07, 6.45) is 6.71. The standard InChI is InChI=1S/C25H37NSi/c1-16-13-17-14-20-18-11-9-10-12-21(18)25(5,6)22(20)15-19(17)23(16)27(7,8)26-24(2,3)4/h9-12,14-17,19,23,26H,13H2,1-8H3. The van der Waals surface area contributed by atoms with E-state index in [9.17, 15) is 0 Å². The predicted molar refractivity (Wildman–Crippen MR) is 120 cm³/mol. The Kier molecular flexibility index (Phi) is 4.22. The lowest BCUT2D eigenvalue weighted by molar-refractivity contribution is 0.473. The first kappa shape index (κ1) is 19.2. The molecule has 1 nitrogen and oxygen atoms in total. The molecule has 0 saturated heterocycles. The summed E-state index contributed by atoms with van der Waals surface area (Å²) in [6, 6.07) is 9.08. The summed E-state index contributed by atoms with van der Waals surface area (Å²) in [5.74, 6) is 2.20. The van der Waals surface area contributed by atoms with Crippen molar-refractivity contribution >= 4 is 13.8 Å². The van der Waals surface area contributed by atoms with Gasteiger partial charge in [-0.05, 0) is 72.8 Å². The fourth-order valence-corrected chi connectivity index (χ4v) is 11.8. The Morgan fingerprint density at radius 1 is 1.07 bits per heavy atom. The Bertz CT molecular complexity index is 821. The number of rotatable bonds is 2.